The van der Waals surface area contributed by atoms with Crippen LogP contribution in [0.5, 0.6) is 5.75 Å². The Kier molecular flexibility index (Phi) is 4.44. The third-order valence-corrected chi connectivity index (χ3v) is 2.30. The van der Waals surface area contributed by atoms with Gasteiger partial charge in [-0.3, -0.25) is 4.79 Å². The molecule has 0 saturated heterocycles. The van der Waals surface area contributed by atoms with Crippen LogP contribution in [0.2, 0.25) is 0 Å². The second-order valence-corrected chi connectivity index (χ2v) is 3.63. The zero-order chi connectivity index (χ0) is 12.6. The van der Waals surface area contributed by atoms with E-state index in [1.54, 1.807) is 12.1 Å². The molecular weight excluding hydrogens is 230 g/mol. The van der Waals surface area contributed by atoms with Crippen LogP contribution in [-0.4, -0.2) is 18.1 Å². The number of hydrogen-bond acceptors (Lipinski definition) is 4. The lowest BCUT2D eigenvalue weighted by Gasteiger charge is -2.06. The fourth-order valence-electron chi connectivity index (χ4n) is 1.39. The Morgan fingerprint density at radius 2 is 1.94 bits per heavy atom. The molecule has 1 aromatic heterocycles. The highest BCUT2D eigenvalue weighted by atomic mass is 16.7. The van der Waals surface area contributed by atoms with Gasteiger partial charge in [0.05, 0.1) is 12.8 Å². The number of aromatic nitrogens is 1. The third kappa shape index (κ3) is 3.68. The van der Waals surface area contributed by atoms with Crippen molar-refractivity contribution in [1.82, 2.24) is 4.98 Å². The van der Waals surface area contributed by atoms with E-state index in [0.717, 1.165) is 5.56 Å². The summed E-state index contributed by atoms with van der Waals surface area (Å²) in [6.07, 6.45) is 2.19. The minimum absolute atomic E-state index is 0.150. The van der Waals surface area contributed by atoms with Crippen molar-refractivity contribution >= 4 is 6.29 Å². The van der Waals surface area contributed by atoms with Gasteiger partial charge in [0, 0.05) is 0 Å². The second kappa shape index (κ2) is 6.51. The van der Waals surface area contributed by atoms with Crippen molar-refractivity contribution in [2.45, 2.75) is 6.61 Å². The average molecular weight is 243 g/mol. The van der Waals surface area contributed by atoms with Crippen LogP contribution in [0.25, 0.3) is 0 Å². The molecule has 0 bridgehead atoms. The van der Waals surface area contributed by atoms with Crippen molar-refractivity contribution in [3.8, 4) is 5.75 Å². The Bertz CT molecular complexity index is 482. The summed E-state index contributed by atoms with van der Waals surface area (Å²) in [4.78, 5) is 14.3. The van der Waals surface area contributed by atoms with Crippen molar-refractivity contribution in [2.24, 2.45) is 0 Å². The minimum atomic E-state index is 0.150. The molecule has 18 heavy (non-hydrogen) atoms. The highest BCUT2D eigenvalue weighted by Crippen LogP contribution is 2.08. The number of benzene rings is 1. The molecular formula is C14H13NO3. The molecule has 0 saturated carbocycles. The van der Waals surface area contributed by atoms with Crippen LogP contribution in [0, 0.1) is 0 Å². The molecule has 2 rings (SSSR count). The zero-order valence-corrected chi connectivity index (χ0v) is 9.78. The van der Waals surface area contributed by atoms with Crippen molar-refractivity contribution in [3.05, 3.63) is 59.9 Å². The van der Waals surface area contributed by atoms with Crippen LogP contribution in [0.15, 0.2) is 48.7 Å². The van der Waals surface area contributed by atoms with Crippen molar-refractivity contribution in [3.63, 3.8) is 0 Å². The van der Waals surface area contributed by atoms with Crippen LogP contribution in [0.1, 0.15) is 16.1 Å². The summed E-state index contributed by atoms with van der Waals surface area (Å²) in [5.41, 5.74) is 1.48. The van der Waals surface area contributed by atoms with E-state index in [9.17, 15) is 4.79 Å². The van der Waals surface area contributed by atoms with E-state index in [0.29, 0.717) is 24.3 Å². The minimum Gasteiger partial charge on any atom is -0.466 e. The summed E-state index contributed by atoms with van der Waals surface area (Å²) in [5, 5.41) is 0. The zero-order valence-electron chi connectivity index (χ0n) is 9.78. The van der Waals surface area contributed by atoms with Crippen LogP contribution in [-0.2, 0) is 11.3 Å². The van der Waals surface area contributed by atoms with E-state index < -0.39 is 0 Å². The maximum atomic E-state index is 10.4. The van der Waals surface area contributed by atoms with Crippen molar-refractivity contribution in [2.75, 3.05) is 6.79 Å². The number of carbonyl (C=O) groups excluding carboxylic acids is 1. The van der Waals surface area contributed by atoms with Gasteiger partial charge in [0.1, 0.15) is 11.4 Å². The van der Waals surface area contributed by atoms with E-state index in [4.69, 9.17) is 9.47 Å². The summed E-state index contributed by atoms with van der Waals surface area (Å²) in [7, 11) is 0. The smallest absolute Gasteiger partial charge is 0.189 e. The Balaban J connectivity index is 1.73. The molecule has 0 N–H and O–H groups in total. The lowest BCUT2D eigenvalue weighted by molar-refractivity contribution is 0.00485. The molecule has 0 radical (unpaired) electrons. The highest BCUT2D eigenvalue weighted by Gasteiger charge is 1.96. The van der Waals surface area contributed by atoms with Crippen molar-refractivity contribution < 1.29 is 14.3 Å². The first-order valence-electron chi connectivity index (χ1n) is 5.54. The van der Waals surface area contributed by atoms with Crippen LogP contribution in [0.4, 0.5) is 0 Å². The molecule has 0 aliphatic carbocycles. The lowest BCUT2D eigenvalue weighted by atomic mass is 10.2. The number of hydrogen-bond donors (Lipinski definition) is 0. The standard InChI is InChI=1S/C14H13NO3/c16-9-13-6-7-14(8-15-13)18-11-17-10-12-4-2-1-3-5-12/h1-9H,10-11H2. The Morgan fingerprint density at radius 3 is 2.61 bits per heavy atom. The number of aldehydes is 1. The van der Waals surface area contributed by atoms with Crippen LogP contribution < -0.4 is 4.74 Å². The summed E-state index contributed by atoms with van der Waals surface area (Å²) < 4.78 is 10.7. The second-order valence-electron chi connectivity index (χ2n) is 3.63. The van der Waals surface area contributed by atoms with E-state index in [-0.39, 0.29) is 6.79 Å². The number of nitrogens with zero attached hydrogens (tertiary/aromatic N) is 1. The monoisotopic (exact) mass is 243 g/mol. The van der Waals surface area contributed by atoms with E-state index in [1.807, 2.05) is 30.3 Å². The molecule has 1 aromatic carbocycles. The maximum Gasteiger partial charge on any atom is 0.189 e. The Labute approximate surface area is 105 Å². The predicted octanol–water partition coefficient (Wildman–Crippen LogP) is 2.45. The fourth-order valence-corrected chi connectivity index (χ4v) is 1.39. The lowest BCUT2D eigenvalue weighted by Crippen LogP contribution is -2.03. The van der Waals surface area contributed by atoms with Gasteiger partial charge in [-0.25, -0.2) is 4.98 Å². The molecule has 2 aromatic rings. The maximum absolute atomic E-state index is 10.4. The molecule has 0 aliphatic heterocycles. The Morgan fingerprint density at radius 1 is 1.11 bits per heavy atom. The van der Waals surface area contributed by atoms with Crippen LogP contribution in [0.3, 0.4) is 0 Å². The first kappa shape index (κ1) is 12.3. The molecule has 92 valence electrons. The number of ether oxygens (including phenoxy) is 2. The van der Waals surface area contributed by atoms with E-state index in [1.165, 1.54) is 6.20 Å². The fraction of sp³-hybridized carbons (Fsp3) is 0.143. The summed E-state index contributed by atoms with van der Waals surface area (Å²) >= 11 is 0. The normalized spacial score (nSPS) is 10.0. The molecule has 0 atom stereocenters. The quantitative estimate of drug-likeness (QED) is 0.444. The molecule has 4 heteroatoms. The molecule has 0 fully saturated rings. The average Bonchev–Trinajstić information content (AvgIpc) is 2.45. The van der Waals surface area contributed by atoms with Gasteiger partial charge in [-0.2, -0.15) is 0 Å². The summed E-state index contributed by atoms with van der Waals surface area (Å²) in [6.45, 7) is 0.650. The predicted molar refractivity (Wildman–Crippen MR) is 66.4 cm³/mol. The number of pyridine rings is 1. The van der Waals surface area contributed by atoms with Crippen LogP contribution >= 0.6 is 0 Å². The first-order chi connectivity index (χ1) is 8.88. The molecule has 1 heterocycles. The highest BCUT2D eigenvalue weighted by molar-refractivity contribution is 5.71. The third-order valence-electron chi connectivity index (χ3n) is 2.30. The molecule has 0 unspecified atom stereocenters. The summed E-state index contributed by atoms with van der Waals surface area (Å²) in [6, 6.07) is 13.1. The van der Waals surface area contributed by atoms with Gasteiger partial charge >= 0.3 is 0 Å². The van der Waals surface area contributed by atoms with E-state index >= 15 is 0 Å². The molecule has 0 spiro atoms. The Hall–Kier alpha value is -2.20. The van der Waals surface area contributed by atoms with Gasteiger partial charge in [-0.15, -0.1) is 0 Å². The van der Waals surface area contributed by atoms with Gasteiger partial charge in [0.2, 0.25) is 0 Å². The SMILES string of the molecule is O=Cc1ccc(OCOCc2ccccc2)cn1. The number of rotatable bonds is 6. The van der Waals surface area contributed by atoms with Gasteiger partial charge in [0.25, 0.3) is 0 Å². The van der Waals surface area contributed by atoms with Gasteiger partial charge < -0.3 is 9.47 Å². The van der Waals surface area contributed by atoms with Gasteiger partial charge in [-0.05, 0) is 17.7 Å². The molecule has 0 amide bonds. The first-order valence-corrected chi connectivity index (χ1v) is 5.54. The number of carbonyl (C=O) groups is 1. The molecule has 0 aliphatic rings. The largest absolute Gasteiger partial charge is 0.466 e. The van der Waals surface area contributed by atoms with E-state index in [2.05, 4.69) is 4.98 Å². The topological polar surface area (TPSA) is 48.4 Å². The molecule has 4 nitrogen and oxygen atoms in total. The summed E-state index contributed by atoms with van der Waals surface area (Å²) in [5.74, 6) is 0.577. The van der Waals surface area contributed by atoms with Gasteiger partial charge in [-0.1, -0.05) is 30.3 Å². The van der Waals surface area contributed by atoms with Gasteiger partial charge in [0.15, 0.2) is 13.1 Å². The van der Waals surface area contributed by atoms with Crippen molar-refractivity contribution in [1.29, 1.82) is 0 Å².